The number of fused-ring (bicyclic) bond motifs is 2. The molecule has 0 saturated carbocycles. The summed E-state index contributed by atoms with van der Waals surface area (Å²) in [6, 6.07) is 13.0. The molecule has 1 amide bonds. The Balaban J connectivity index is 1.72. The van der Waals surface area contributed by atoms with E-state index in [1.54, 1.807) is 22.8 Å². The molecule has 7 heteroatoms. The molecule has 4 rings (SSSR count). The molecular weight excluding hydrogens is 382 g/mol. The van der Waals surface area contributed by atoms with Crippen LogP contribution in [0.2, 0.25) is 0 Å². The predicted molar refractivity (Wildman–Crippen MR) is 115 cm³/mol. The van der Waals surface area contributed by atoms with Crippen molar-refractivity contribution in [2.45, 2.75) is 19.9 Å². The lowest BCUT2D eigenvalue weighted by atomic mass is 10.1. The van der Waals surface area contributed by atoms with Crippen LogP contribution < -0.4 is 10.9 Å². The summed E-state index contributed by atoms with van der Waals surface area (Å²) >= 11 is 0. The number of allylic oxidation sites excluding steroid dienone is 1. The van der Waals surface area contributed by atoms with Crippen molar-refractivity contribution in [3.05, 3.63) is 81.9 Å². The van der Waals surface area contributed by atoms with Crippen LogP contribution in [0, 0.1) is 6.92 Å². The number of aliphatic carboxylic acids is 1. The number of aromatic nitrogens is 2. The number of carbonyl (C=O) groups excluding carboxylic acids is 1. The minimum Gasteiger partial charge on any atom is -0.478 e. The van der Waals surface area contributed by atoms with Crippen molar-refractivity contribution in [1.82, 2.24) is 9.55 Å². The second-order valence-electron chi connectivity index (χ2n) is 7.12. The van der Waals surface area contributed by atoms with Crippen molar-refractivity contribution in [3.8, 4) is 0 Å². The van der Waals surface area contributed by atoms with Crippen molar-refractivity contribution in [2.75, 3.05) is 5.32 Å². The second-order valence-corrected chi connectivity index (χ2v) is 7.12. The summed E-state index contributed by atoms with van der Waals surface area (Å²) in [6.07, 6.45) is 4.46. The van der Waals surface area contributed by atoms with Gasteiger partial charge in [0.2, 0.25) is 5.91 Å². The average Bonchev–Trinajstić information content (AvgIpc) is 3.09. The number of benzene rings is 2. The highest BCUT2D eigenvalue weighted by Crippen LogP contribution is 2.28. The molecule has 0 unspecified atom stereocenters. The SMILES string of the molecule is Cc1cccc(/C=C2\CCn3c2nc2cc(NC(=O)/C=C\C(=O)O)ccc2c3=O)c1. The topological polar surface area (TPSA) is 101 Å². The molecule has 1 aromatic heterocycles. The van der Waals surface area contributed by atoms with Gasteiger partial charge < -0.3 is 10.4 Å². The second kappa shape index (κ2) is 7.79. The number of hydrogen-bond donors (Lipinski definition) is 2. The van der Waals surface area contributed by atoms with Crippen molar-refractivity contribution < 1.29 is 14.7 Å². The molecule has 0 radical (unpaired) electrons. The van der Waals surface area contributed by atoms with Crippen LogP contribution in [0.25, 0.3) is 22.6 Å². The lowest BCUT2D eigenvalue weighted by Gasteiger charge is -2.08. The fourth-order valence-electron chi connectivity index (χ4n) is 3.52. The van der Waals surface area contributed by atoms with E-state index in [0.717, 1.165) is 35.3 Å². The van der Waals surface area contributed by atoms with Crippen LogP contribution in [0.5, 0.6) is 0 Å². The third-order valence-electron chi connectivity index (χ3n) is 4.88. The van der Waals surface area contributed by atoms with Crippen LogP contribution in [0.1, 0.15) is 23.4 Å². The number of hydrogen-bond acceptors (Lipinski definition) is 4. The van der Waals surface area contributed by atoms with Gasteiger partial charge in [-0.15, -0.1) is 0 Å². The Morgan fingerprint density at radius 3 is 2.77 bits per heavy atom. The van der Waals surface area contributed by atoms with Crippen LogP contribution in [-0.4, -0.2) is 26.5 Å². The largest absolute Gasteiger partial charge is 0.478 e. The molecule has 30 heavy (non-hydrogen) atoms. The Bertz CT molecular complexity index is 1300. The molecule has 1 aliphatic rings. The number of nitrogens with one attached hydrogen (secondary N) is 1. The summed E-state index contributed by atoms with van der Waals surface area (Å²) in [7, 11) is 0. The molecule has 2 N–H and O–H groups in total. The van der Waals surface area contributed by atoms with Gasteiger partial charge in [0, 0.05) is 24.4 Å². The van der Waals surface area contributed by atoms with E-state index < -0.39 is 11.9 Å². The minimum atomic E-state index is -1.21. The quantitative estimate of drug-likeness (QED) is 0.654. The summed E-state index contributed by atoms with van der Waals surface area (Å²) in [5.41, 5.74) is 3.98. The van der Waals surface area contributed by atoms with Gasteiger partial charge in [-0.05, 0) is 48.8 Å². The molecule has 7 nitrogen and oxygen atoms in total. The van der Waals surface area contributed by atoms with Gasteiger partial charge in [-0.3, -0.25) is 14.2 Å². The normalized spacial score (nSPS) is 14.4. The molecule has 1 aliphatic heterocycles. The number of rotatable bonds is 4. The fourth-order valence-corrected chi connectivity index (χ4v) is 3.52. The van der Waals surface area contributed by atoms with E-state index in [0.29, 0.717) is 29.0 Å². The number of nitrogens with zero attached hydrogens (tertiary/aromatic N) is 2. The maximum atomic E-state index is 12.9. The van der Waals surface area contributed by atoms with Gasteiger partial charge in [0.15, 0.2) is 0 Å². The highest BCUT2D eigenvalue weighted by atomic mass is 16.4. The van der Waals surface area contributed by atoms with Crippen molar-refractivity contribution in [1.29, 1.82) is 0 Å². The lowest BCUT2D eigenvalue weighted by molar-refractivity contribution is -0.131. The number of aryl methyl sites for hydroxylation is 1. The number of carbonyl (C=O) groups is 2. The maximum Gasteiger partial charge on any atom is 0.328 e. The van der Waals surface area contributed by atoms with Gasteiger partial charge in [-0.1, -0.05) is 29.8 Å². The van der Waals surface area contributed by atoms with Gasteiger partial charge in [0.1, 0.15) is 5.82 Å². The van der Waals surface area contributed by atoms with Crippen LogP contribution in [0.3, 0.4) is 0 Å². The average molecular weight is 401 g/mol. The highest BCUT2D eigenvalue weighted by Gasteiger charge is 2.21. The first kappa shape index (κ1) is 19.3. The molecule has 0 saturated heterocycles. The van der Waals surface area contributed by atoms with E-state index in [-0.39, 0.29) is 5.56 Å². The number of amides is 1. The molecule has 2 aromatic carbocycles. The van der Waals surface area contributed by atoms with Crippen molar-refractivity contribution in [2.24, 2.45) is 0 Å². The number of carboxylic acid groups (broad SMARTS) is 1. The summed E-state index contributed by atoms with van der Waals surface area (Å²) in [6.45, 7) is 2.61. The molecular formula is C23H19N3O4. The van der Waals surface area contributed by atoms with Gasteiger partial charge in [-0.25, -0.2) is 9.78 Å². The molecule has 2 heterocycles. The standard InChI is InChI=1S/C23H19N3O4/c1-14-3-2-4-15(11-14)12-16-9-10-26-22(16)25-19-13-17(5-6-18(19)23(26)30)24-20(27)7-8-21(28)29/h2-8,11-13H,9-10H2,1H3,(H,24,27)(H,28,29)/b8-7-,16-12+. The maximum absolute atomic E-state index is 12.9. The molecule has 150 valence electrons. The van der Waals surface area contributed by atoms with Crippen molar-refractivity contribution in [3.63, 3.8) is 0 Å². The molecule has 0 aliphatic carbocycles. The van der Waals surface area contributed by atoms with Gasteiger partial charge in [0.05, 0.1) is 10.9 Å². The smallest absolute Gasteiger partial charge is 0.328 e. The zero-order chi connectivity index (χ0) is 21.3. The third kappa shape index (κ3) is 3.91. The van der Waals surface area contributed by atoms with Crippen molar-refractivity contribution >= 4 is 40.1 Å². The van der Waals surface area contributed by atoms with Crippen LogP contribution in [-0.2, 0) is 16.1 Å². The minimum absolute atomic E-state index is 0.119. The third-order valence-corrected chi connectivity index (χ3v) is 4.88. The molecule has 0 spiro atoms. The fraction of sp³-hybridized carbons (Fsp3) is 0.130. The number of carboxylic acids is 1. The van der Waals surface area contributed by atoms with E-state index in [9.17, 15) is 14.4 Å². The zero-order valence-electron chi connectivity index (χ0n) is 16.3. The first-order valence-electron chi connectivity index (χ1n) is 9.45. The van der Waals surface area contributed by atoms with E-state index in [2.05, 4.69) is 11.4 Å². The number of anilines is 1. The summed E-state index contributed by atoms with van der Waals surface area (Å²) in [5.74, 6) is -1.15. The predicted octanol–water partition coefficient (Wildman–Crippen LogP) is 3.23. The Morgan fingerprint density at radius 1 is 1.17 bits per heavy atom. The van der Waals surface area contributed by atoms with E-state index >= 15 is 0 Å². The van der Waals surface area contributed by atoms with E-state index in [1.165, 1.54) is 0 Å². The molecule has 0 fully saturated rings. The van der Waals surface area contributed by atoms with Crippen LogP contribution in [0.15, 0.2) is 59.4 Å². The van der Waals surface area contributed by atoms with Gasteiger partial charge in [0.25, 0.3) is 5.56 Å². The first-order valence-corrected chi connectivity index (χ1v) is 9.45. The monoisotopic (exact) mass is 401 g/mol. The highest BCUT2D eigenvalue weighted by molar-refractivity contribution is 6.03. The lowest BCUT2D eigenvalue weighted by Crippen LogP contribution is -2.21. The van der Waals surface area contributed by atoms with Gasteiger partial charge >= 0.3 is 5.97 Å². The first-order chi connectivity index (χ1) is 14.4. The Hall–Kier alpha value is -4.00. The zero-order valence-corrected chi connectivity index (χ0v) is 16.3. The Kier molecular flexibility index (Phi) is 5.02. The van der Waals surface area contributed by atoms with Crippen LogP contribution in [0.4, 0.5) is 5.69 Å². The Labute approximate surface area is 172 Å². The summed E-state index contributed by atoms with van der Waals surface area (Å²) < 4.78 is 1.68. The van der Waals surface area contributed by atoms with Crippen LogP contribution >= 0.6 is 0 Å². The Morgan fingerprint density at radius 2 is 2.00 bits per heavy atom. The summed E-state index contributed by atoms with van der Waals surface area (Å²) in [5, 5.41) is 11.7. The van der Waals surface area contributed by atoms with E-state index in [4.69, 9.17) is 10.1 Å². The molecule has 0 atom stereocenters. The molecule has 0 bridgehead atoms. The summed E-state index contributed by atoms with van der Waals surface area (Å²) in [4.78, 5) is 40.0. The van der Waals surface area contributed by atoms with Gasteiger partial charge in [-0.2, -0.15) is 0 Å². The van der Waals surface area contributed by atoms with E-state index in [1.807, 2.05) is 31.2 Å². The molecule has 3 aromatic rings.